The molecular weight excluding hydrogens is 292 g/mol. The van der Waals surface area contributed by atoms with Crippen LogP contribution < -0.4 is 5.63 Å². The normalized spacial score (nSPS) is 10.5. The number of rotatable bonds is 3. The first kappa shape index (κ1) is 13.9. The molecule has 0 radical (unpaired) electrons. The molecule has 2 aromatic rings. The summed E-state index contributed by atoms with van der Waals surface area (Å²) in [5.41, 5.74) is -5.19. The van der Waals surface area contributed by atoms with Gasteiger partial charge in [0, 0.05) is 11.5 Å². The predicted molar refractivity (Wildman–Crippen MR) is 64.4 cm³/mol. The topological polar surface area (TPSA) is 174 Å². The first-order chi connectivity index (χ1) is 9.73. The van der Waals surface area contributed by atoms with E-state index in [2.05, 4.69) is 4.42 Å². The van der Waals surface area contributed by atoms with Crippen molar-refractivity contribution < 1.29 is 29.3 Å². The highest BCUT2D eigenvalue weighted by Crippen LogP contribution is 2.41. The molecule has 11 heteroatoms. The van der Waals surface area contributed by atoms with Crippen LogP contribution in [0.1, 0.15) is 10.4 Å². The van der Waals surface area contributed by atoms with E-state index in [9.17, 15) is 34.9 Å². The molecule has 0 spiro atoms. The van der Waals surface area contributed by atoms with E-state index >= 15 is 0 Å². The fourth-order valence-corrected chi connectivity index (χ4v) is 1.68. The van der Waals surface area contributed by atoms with E-state index in [1.54, 1.807) is 0 Å². The molecule has 2 rings (SSSR count). The molecule has 0 aliphatic carbocycles. The van der Waals surface area contributed by atoms with Crippen LogP contribution in [0.15, 0.2) is 21.3 Å². The standard InChI is InChI=1S/C10H4N2O9/c13-7-5(11(17)18)2-3-1-4(9(14)15)10(16)21-8(3)6(7)12(19)20/h1-2,13H,(H,14,15). The number of aromatic hydroxyl groups is 1. The summed E-state index contributed by atoms with van der Waals surface area (Å²) in [5, 5.41) is 39.5. The lowest BCUT2D eigenvalue weighted by molar-refractivity contribution is -0.395. The number of benzene rings is 1. The van der Waals surface area contributed by atoms with Gasteiger partial charge in [0.05, 0.1) is 9.85 Å². The summed E-state index contributed by atoms with van der Waals surface area (Å²) in [6, 6.07) is 1.37. The van der Waals surface area contributed by atoms with E-state index in [1.165, 1.54) is 0 Å². The van der Waals surface area contributed by atoms with Gasteiger partial charge in [-0.15, -0.1) is 0 Å². The van der Waals surface area contributed by atoms with Gasteiger partial charge in [0.25, 0.3) is 5.75 Å². The van der Waals surface area contributed by atoms with Gasteiger partial charge in [0.15, 0.2) is 0 Å². The van der Waals surface area contributed by atoms with Crippen molar-refractivity contribution in [1.29, 1.82) is 0 Å². The molecule has 0 aliphatic heterocycles. The average Bonchev–Trinajstić information content (AvgIpc) is 2.36. The smallest absolute Gasteiger partial charge is 0.360 e. The van der Waals surface area contributed by atoms with Crippen LogP contribution in [-0.4, -0.2) is 26.0 Å². The first-order valence-electron chi connectivity index (χ1n) is 5.10. The quantitative estimate of drug-likeness (QED) is 0.475. The number of nitrogens with zero attached hydrogens (tertiary/aromatic N) is 2. The number of aromatic carboxylic acids is 1. The number of phenols is 1. The second kappa shape index (κ2) is 4.56. The lowest BCUT2D eigenvalue weighted by Crippen LogP contribution is -2.13. The first-order valence-corrected chi connectivity index (χ1v) is 5.10. The number of carboxylic acid groups (broad SMARTS) is 1. The Morgan fingerprint density at radius 1 is 1.19 bits per heavy atom. The molecule has 108 valence electrons. The summed E-state index contributed by atoms with van der Waals surface area (Å²) in [5.74, 6) is -2.95. The third kappa shape index (κ3) is 2.11. The summed E-state index contributed by atoms with van der Waals surface area (Å²) in [4.78, 5) is 41.5. The highest BCUT2D eigenvalue weighted by Gasteiger charge is 2.31. The van der Waals surface area contributed by atoms with Gasteiger partial charge < -0.3 is 14.6 Å². The predicted octanol–water partition coefficient (Wildman–Crippen LogP) is 1.01. The van der Waals surface area contributed by atoms with Crippen LogP contribution in [0.3, 0.4) is 0 Å². The largest absolute Gasteiger partial charge is 0.497 e. The number of carbonyl (C=O) groups is 1. The van der Waals surface area contributed by atoms with Gasteiger partial charge in [0.2, 0.25) is 5.58 Å². The SMILES string of the molecule is O=C(O)c1cc2cc([N+](=O)[O-])c(O)c([N+](=O)[O-])c2oc1=O. The molecule has 2 N–H and O–H groups in total. The van der Waals surface area contributed by atoms with Gasteiger partial charge in [-0.2, -0.15) is 0 Å². The molecule has 0 saturated heterocycles. The molecular formula is C10H4N2O9. The summed E-state index contributed by atoms with van der Waals surface area (Å²) in [6.45, 7) is 0. The molecule has 1 aromatic carbocycles. The second-order valence-electron chi connectivity index (χ2n) is 3.78. The second-order valence-corrected chi connectivity index (χ2v) is 3.78. The highest BCUT2D eigenvalue weighted by molar-refractivity contribution is 5.96. The Morgan fingerprint density at radius 3 is 2.29 bits per heavy atom. The monoisotopic (exact) mass is 296 g/mol. The van der Waals surface area contributed by atoms with Crippen molar-refractivity contribution in [2.45, 2.75) is 0 Å². The zero-order valence-corrected chi connectivity index (χ0v) is 9.80. The van der Waals surface area contributed by atoms with Crippen LogP contribution in [0.5, 0.6) is 5.75 Å². The third-order valence-electron chi connectivity index (χ3n) is 2.56. The maximum Gasteiger partial charge on any atom is 0.360 e. The fourth-order valence-electron chi connectivity index (χ4n) is 1.68. The molecule has 11 nitrogen and oxygen atoms in total. The number of fused-ring (bicyclic) bond motifs is 1. The van der Waals surface area contributed by atoms with Crippen LogP contribution >= 0.6 is 0 Å². The molecule has 0 atom stereocenters. The molecule has 21 heavy (non-hydrogen) atoms. The van der Waals surface area contributed by atoms with Crippen LogP contribution in [0.25, 0.3) is 11.0 Å². The summed E-state index contributed by atoms with van der Waals surface area (Å²) in [7, 11) is 0. The molecule has 0 saturated carbocycles. The van der Waals surface area contributed by atoms with E-state index in [-0.39, 0.29) is 5.39 Å². The average molecular weight is 296 g/mol. The van der Waals surface area contributed by atoms with E-state index in [4.69, 9.17) is 5.11 Å². The van der Waals surface area contributed by atoms with Gasteiger partial charge in [-0.25, -0.2) is 9.59 Å². The zero-order valence-electron chi connectivity index (χ0n) is 9.80. The van der Waals surface area contributed by atoms with E-state index < -0.39 is 49.7 Å². The van der Waals surface area contributed by atoms with Crippen molar-refractivity contribution >= 4 is 28.3 Å². The van der Waals surface area contributed by atoms with Crippen molar-refractivity contribution in [3.05, 3.63) is 48.3 Å². The van der Waals surface area contributed by atoms with Gasteiger partial charge in [0.1, 0.15) is 5.56 Å². The number of hydrogen-bond acceptors (Lipinski definition) is 8. The number of nitro groups is 2. The summed E-state index contributed by atoms with van der Waals surface area (Å²) >= 11 is 0. The van der Waals surface area contributed by atoms with Crippen LogP contribution in [0.2, 0.25) is 0 Å². The minimum atomic E-state index is -1.66. The Hall–Kier alpha value is -3.50. The lowest BCUT2D eigenvalue weighted by Gasteiger charge is -2.02. The van der Waals surface area contributed by atoms with Crippen molar-refractivity contribution in [3.63, 3.8) is 0 Å². The molecule has 0 fully saturated rings. The minimum absolute atomic E-state index is 0.372. The number of phenolic OH excluding ortho intramolecular Hbond substituents is 1. The van der Waals surface area contributed by atoms with Crippen molar-refractivity contribution in [2.75, 3.05) is 0 Å². The fraction of sp³-hybridized carbons (Fsp3) is 0. The number of carboxylic acids is 1. The van der Waals surface area contributed by atoms with Crippen molar-refractivity contribution in [1.82, 2.24) is 0 Å². The van der Waals surface area contributed by atoms with Crippen LogP contribution in [0.4, 0.5) is 11.4 Å². The minimum Gasteiger partial charge on any atom is -0.497 e. The highest BCUT2D eigenvalue weighted by atomic mass is 16.6. The Balaban J connectivity index is 3.03. The maximum absolute atomic E-state index is 11.4. The van der Waals surface area contributed by atoms with Crippen LogP contribution in [0, 0.1) is 20.2 Å². The Bertz CT molecular complexity index is 867. The Labute approximate surface area is 113 Å². The van der Waals surface area contributed by atoms with Crippen LogP contribution in [-0.2, 0) is 0 Å². The zero-order chi connectivity index (χ0) is 15.9. The molecule has 0 unspecified atom stereocenters. The summed E-state index contributed by atoms with van der Waals surface area (Å²) in [6.07, 6.45) is 0. The van der Waals surface area contributed by atoms with Gasteiger partial charge >= 0.3 is 23.0 Å². The van der Waals surface area contributed by atoms with E-state index in [0.717, 1.165) is 0 Å². The van der Waals surface area contributed by atoms with Gasteiger partial charge in [-0.1, -0.05) is 0 Å². The maximum atomic E-state index is 11.4. The van der Waals surface area contributed by atoms with Gasteiger partial charge in [-0.05, 0) is 6.07 Å². The molecule has 1 aromatic heterocycles. The van der Waals surface area contributed by atoms with E-state index in [1.807, 2.05) is 0 Å². The third-order valence-corrected chi connectivity index (χ3v) is 2.56. The van der Waals surface area contributed by atoms with E-state index in [0.29, 0.717) is 12.1 Å². The lowest BCUT2D eigenvalue weighted by atomic mass is 10.1. The number of hydrogen-bond donors (Lipinski definition) is 2. The van der Waals surface area contributed by atoms with Crippen molar-refractivity contribution in [2.24, 2.45) is 0 Å². The van der Waals surface area contributed by atoms with Crippen molar-refractivity contribution in [3.8, 4) is 5.75 Å². The molecule has 0 bridgehead atoms. The summed E-state index contributed by atoms with van der Waals surface area (Å²) < 4.78 is 4.50. The number of nitro benzene ring substituents is 2. The molecule has 0 amide bonds. The Kier molecular flexibility index (Phi) is 3.02. The Morgan fingerprint density at radius 2 is 1.81 bits per heavy atom. The molecule has 0 aliphatic rings. The molecule has 1 heterocycles. The van der Waals surface area contributed by atoms with Gasteiger partial charge in [-0.3, -0.25) is 20.2 Å².